The average Bonchev–Trinajstić information content (AvgIpc) is 2.44. The average molecular weight is 332 g/mol. The number of nitrogens with one attached hydrogen (secondary N) is 1. The molecular weight excluding hydrogens is 310 g/mol. The molecule has 1 fully saturated rings. The van der Waals surface area contributed by atoms with E-state index in [9.17, 15) is 8.42 Å². The highest BCUT2D eigenvalue weighted by molar-refractivity contribution is 7.89. The topological polar surface area (TPSA) is 85.1 Å². The fraction of sp³-hybridized carbons (Fsp3) is 0.643. The molecule has 1 heterocycles. The third-order valence-corrected chi connectivity index (χ3v) is 5.87. The monoisotopic (exact) mass is 331 g/mol. The predicted molar refractivity (Wildman–Crippen MR) is 84.6 cm³/mol. The number of sulfonamides is 1. The molecule has 0 aromatic carbocycles. The van der Waals surface area contributed by atoms with E-state index in [0.717, 1.165) is 12.3 Å². The lowest BCUT2D eigenvalue weighted by molar-refractivity contribution is 0.278. The van der Waals surface area contributed by atoms with Crippen molar-refractivity contribution in [3.05, 3.63) is 17.3 Å². The van der Waals surface area contributed by atoms with Crippen molar-refractivity contribution in [1.82, 2.24) is 9.71 Å². The third kappa shape index (κ3) is 4.56. The van der Waals surface area contributed by atoms with Gasteiger partial charge in [-0.15, -0.1) is 0 Å². The normalized spacial score (nSPS) is 23.1. The number of aromatic nitrogens is 1. The predicted octanol–water partition coefficient (Wildman–Crippen LogP) is 2.81. The summed E-state index contributed by atoms with van der Waals surface area (Å²) in [4.78, 5) is 3.83. The van der Waals surface area contributed by atoms with Crippen molar-refractivity contribution in [1.29, 1.82) is 0 Å². The summed E-state index contributed by atoms with van der Waals surface area (Å²) in [7, 11) is -3.56. The number of pyridine rings is 1. The zero-order valence-corrected chi connectivity index (χ0v) is 13.8. The first-order chi connectivity index (χ1) is 9.88. The Morgan fingerprint density at radius 1 is 1.38 bits per heavy atom. The van der Waals surface area contributed by atoms with Crippen LogP contribution in [0.4, 0.5) is 5.82 Å². The molecule has 1 aliphatic rings. The number of hydrogen-bond donors (Lipinski definition) is 2. The van der Waals surface area contributed by atoms with Crippen LogP contribution in [0.2, 0.25) is 5.02 Å². The van der Waals surface area contributed by atoms with Crippen LogP contribution >= 0.6 is 11.6 Å². The van der Waals surface area contributed by atoms with E-state index in [4.69, 9.17) is 17.3 Å². The summed E-state index contributed by atoms with van der Waals surface area (Å²) in [5.41, 5.74) is 5.48. The zero-order chi connectivity index (χ0) is 15.5. The van der Waals surface area contributed by atoms with E-state index in [2.05, 4.69) is 16.6 Å². The maximum atomic E-state index is 12.1. The second-order valence-corrected chi connectivity index (χ2v) is 8.02. The third-order valence-electron chi connectivity index (χ3n) is 4.13. The van der Waals surface area contributed by atoms with Gasteiger partial charge in [-0.05, 0) is 24.3 Å². The van der Waals surface area contributed by atoms with Crippen LogP contribution in [0.15, 0.2) is 17.2 Å². The number of nitrogens with two attached hydrogens (primary N) is 1. The first-order valence-corrected chi connectivity index (χ1v) is 9.15. The summed E-state index contributed by atoms with van der Waals surface area (Å²) in [6.07, 6.45) is 6.98. The molecule has 1 aliphatic carbocycles. The van der Waals surface area contributed by atoms with Crippen molar-refractivity contribution in [3.63, 3.8) is 0 Å². The van der Waals surface area contributed by atoms with Gasteiger partial charge in [0.2, 0.25) is 10.0 Å². The second-order valence-electron chi connectivity index (χ2n) is 5.85. The minimum absolute atomic E-state index is 0.0546. The Kier molecular flexibility index (Phi) is 5.46. The molecule has 0 bridgehead atoms. The summed E-state index contributed by atoms with van der Waals surface area (Å²) >= 11 is 5.81. The van der Waals surface area contributed by atoms with Crippen molar-refractivity contribution in [2.24, 2.45) is 11.8 Å². The van der Waals surface area contributed by atoms with Crippen LogP contribution in [0.3, 0.4) is 0 Å². The van der Waals surface area contributed by atoms with E-state index in [-0.39, 0.29) is 15.7 Å². The molecule has 1 saturated carbocycles. The van der Waals surface area contributed by atoms with Crippen molar-refractivity contribution in [2.45, 2.75) is 43.9 Å². The molecule has 1 aromatic rings. The molecule has 0 spiro atoms. The van der Waals surface area contributed by atoms with E-state index >= 15 is 0 Å². The highest BCUT2D eigenvalue weighted by Crippen LogP contribution is 2.30. The number of nitrogens with zero attached hydrogens (tertiary/aromatic N) is 1. The quantitative estimate of drug-likeness (QED) is 0.868. The fourth-order valence-electron chi connectivity index (χ4n) is 2.68. The molecule has 0 radical (unpaired) electrons. The van der Waals surface area contributed by atoms with Crippen molar-refractivity contribution in [3.8, 4) is 0 Å². The Hall–Kier alpha value is -0.850. The molecule has 21 heavy (non-hydrogen) atoms. The lowest BCUT2D eigenvalue weighted by Gasteiger charge is -2.26. The van der Waals surface area contributed by atoms with Crippen LogP contribution < -0.4 is 10.5 Å². The summed E-state index contributed by atoms with van der Waals surface area (Å²) in [5.74, 6) is 1.56. The van der Waals surface area contributed by atoms with Crippen molar-refractivity contribution >= 4 is 27.4 Å². The second kappa shape index (κ2) is 6.94. The van der Waals surface area contributed by atoms with Gasteiger partial charge in [-0.3, -0.25) is 0 Å². The summed E-state index contributed by atoms with van der Waals surface area (Å²) in [6.45, 7) is 2.72. The Labute approximate surface area is 131 Å². The lowest BCUT2D eigenvalue weighted by Crippen LogP contribution is -2.27. The number of rotatable bonds is 5. The molecule has 7 heteroatoms. The number of anilines is 1. The maximum Gasteiger partial charge on any atom is 0.242 e. The maximum absolute atomic E-state index is 12.1. The van der Waals surface area contributed by atoms with Crippen LogP contribution in [-0.2, 0) is 10.0 Å². The molecule has 118 valence electrons. The van der Waals surface area contributed by atoms with Gasteiger partial charge in [0.25, 0.3) is 0 Å². The highest BCUT2D eigenvalue weighted by Gasteiger charge is 2.20. The molecule has 3 N–H and O–H groups in total. The summed E-state index contributed by atoms with van der Waals surface area (Å²) in [6, 6.07) is 1.33. The van der Waals surface area contributed by atoms with Crippen molar-refractivity contribution in [2.75, 3.05) is 12.3 Å². The Morgan fingerprint density at radius 3 is 2.67 bits per heavy atom. The first-order valence-electron chi connectivity index (χ1n) is 7.29. The number of nitrogen functional groups attached to an aromatic ring is 1. The van der Waals surface area contributed by atoms with Crippen molar-refractivity contribution < 1.29 is 8.42 Å². The van der Waals surface area contributed by atoms with Gasteiger partial charge >= 0.3 is 0 Å². The fourth-order valence-corrected chi connectivity index (χ4v) is 3.93. The SMILES string of the molecule is CC1CCC(CCNS(=O)(=O)c2cnc(N)c(Cl)c2)CC1. The smallest absolute Gasteiger partial charge is 0.242 e. The Bertz CT molecular complexity index is 584. The minimum atomic E-state index is -3.56. The molecule has 5 nitrogen and oxygen atoms in total. The molecular formula is C14H22ClN3O2S. The molecule has 0 saturated heterocycles. The molecule has 0 aliphatic heterocycles. The Balaban J connectivity index is 1.88. The van der Waals surface area contributed by atoms with Crippen LogP contribution in [0.1, 0.15) is 39.0 Å². The first kappa shape index (κ1) is 16.5. The highest BCUT2D eigenvalue weighted by atomic mass is 35.5. The molecule has 1 aromatic heterocycles. The van der Waals surface area contributed by atoms with Gasteiger partial charge < -0.3 is 5.73 Å². The summed E-state index contributed by atoms with van der Waals surface area (Å²) < 4.78 is 26.9. The summed E-state index contributed by atoms with van der Waals surface area (Å²) in [5, 5.41) is 0.152. The lowest BCUT2D eigenvalue weighted by atomic mass is 9.81. The molecule has 0 unspecified atom stereocenters. The number of hydrogen-bond acceptors (Lipinski definition) is 4. The van der Waals surface area contributed by atoms with Gasteiger partial charge in [0, 0.05) is 12.7 Å². The van der Waals surface area contributed by atoms with Gasteiger partial charge in [0.1, 0.15) is 10.7 Å². The minimum Gasteiger partial charge on any atom is -0.382 e. The van der Waals surface area contributed by atoms with E-state index < -0.39 is 10.0 Å². The molecule has 0 amide bonds. The van der Waals surface area contributed by atoms with Gasteiger partial charge in [-0.25, -0.2) is 18.1 Å². The van der Waals surface area contributed by atoms with E-state index in [1.807, 2.05) is 0 Å². The van der Waals surface area contributed by atoms with Crippen LogP contribution in [0, 0.1) is 11.8 Å². The van der Waals surface area contributed by atoms with Gasteiger partial charge in [0.05, 0.1) is 5.02 Å². The standard InChI is InChI=1S/C14H22ClN3O2S/c1-10-2-4-11(5-3-10)6-7-18-21(19,20)12-8-13(15)14(16)17-9-12/h8-11,18H,2-7H2,1H3,(H2,16,17). The molecule has 0 atom stereocenters. The molecule has 2 rings (SSSR count). The van der Waals surface area contributed by atoms with Gasteiger partial charge in [-0.2, -0.15) is 0 Å². The Morgan fingerprint density at radius 2 is 2.05 bits per heavy atom. The van der Waals surface area contributed by atoms with Crippen LogP contribution in [-0.4, -0.2) is 19.9 Å². The van der Waals surface area contributed by atoms with Gasteiger partial charge in [-0.1, -0.05) is 44.2 Å². The number of halogens is 1. The van der Waals surface area contributed by atoms with Gasteiger partial charge in [0.15, 0.2) is 0 Å². The largest absolute Gasteiger partial charge is 0.382 e. The van der Waals surface area contributed by atoms with E-state index in [1.165, 1.54) is 37.9 Å². The van der Waals surface area contributed by atoms with Crippen LogP contribution in [0.25, 0.3) is 0 Å². The van der Waals surface area contributed by atoms with Crippen LogP contribution in [0.5, 0.6) is 0 Å². The van der Waals surface area contributed by atoms with E-state index in [1.54, 1.807) is 0 Å². The van der Waals surface area contributed by atoms with E-state index in [0.29, 0.717) is 12.5 Å². The zero-order valence-electron chi connectivity index (χ0n) is 12.2.